The second-order valence-corrected chi connectivity index (χ2v) is 4.71. The summed E-state index contributed by atoms with van der Waals surface area (Å²) in [5, 5.41) is 11.1. The van der Waals surface area contributed by atoms with Gasteiger partial charge in [0, 0.05) is 16.6 Å². The summed E-state index contributed by atoms with van der Waals surface area (Å²) in [5.41, 5.74) is 4.17. The van der Waals surface area contributed by atoms with Gasteiger partial charge in [-0.15, -0.1) is 0 Å². The molecule has 0 fully saturated rings. The lowest BCUT2D eigenvalue weighted by Crippen LogP contribution is -2.03. The maximum atomic E-state index is 12.1. The molecule has 4 nitrogen and oxygen atoms in total. The van der Waals surface area contributed by atoms with Crippen LogP contribution in [0.3, 0.4) is 0 Å². The van der Waals surface area contributed by atoms with Gasteiger partial charge in [-0.25, -0.2) is 0 Å². The minimum atomic E-state index is -0.0849. The highest BCUT2D eigenvalue weighted by Gasteiger charge is 2.23. The van der Waals surface area contributed by atoms with Gasteiger partial charge in [0.2, 0.25) is 0 Å². The Morgan fingerprint density at radius 1 is 1.00 bits per heavy atom. The Hall–Kier alpha value is -2.88. The standard InChI is InChI=1S/C16H11N3O/c20-16-12(10-5-1-3-7-13(10)17-16)9-15-11-6-2-4-8-14(11)18-19-15/h1-9H,(H,17,20)(H,18,19)/b12-9-. The quantitative estimate of drug-likeness (QED) is 0.661. The average molecular weight is 261 g/mol. The van der Waals surface area contributed by atoms with Crippen molar-refractivity contribution in [3.8, 4) is 0 Å². The normalized spacial score (nSPS) is 15.6. The van der Waals surface area contributed by atoms with E-state index in [1.54, 1.807) is 0 Å². The van der Waals surface area contributed by atoms with Crippen molar-refractivity contribution in [2.45, 2.75) is 0 Å². The molecule has 0 atom stereocenters. The van der Waals surface area contributed by atoms with Crippen LogP contribution < -0.4 is 5.32 Å². The van der Waals surface area contributed by atoms with E-state index in [1.165, 1.54) is 0 Å². The number of carbonyl (C=O) groups excluding carboxylic acids is 1. The summed E-state index contributed by atoms with van der Waals surface area (Å²) in [4.78, 5) is 12.1. The summed E-state index contributed by atoms with van der Waals surface area (Å²) < 4.78 is 0. The molecule has 0 saturated carbocycles. The fourth-order valence-corrected chi connectivity index (χ4v) is 2.51. The van der Waals surface area contributed by atoms with E-state index in [2.05, 4.69) is 15.5 Å². The van der Waals surface area contributed by atoms with Gasteiger partial charge in [0.05, 0.1) is 16.8 Å². The van der Waals surface area contributed by atoms with Gasteiger partial charge in [-0.3, -0.25) is 9.89 Å². The molecule has 3 aromatic rings. The van der Waals surface area contributed by atoms with Gasteiger partial charge in [-0.1, -0.05) is 36.4 Å². The number of amides is 1. The molecule has 0 spiro atoms. The van der Waals surface area contributed by atoms with Gasteiger partial charge in [-0.2, -0.15) is 5.10 Å². The predicted octanol–water partition coefficient (Wildman–Crippen LogP) is 3.06. The minimum absolute atomic E-state index is 0.0849. The zero-order valence-electron chi connectivity index (χ0n) is 10.6. The molecule has 4 heteroatoms. The summed E-state index contributed by atoms with van der Waals surface area (Å²) in [6.45, 7) is 0. The molecule has 1 aliphatic heterocycles. The summed E-state index contributed by atoms with van der Waals surface area (Å²) >= 11 is 0. The number of rotatable bonds is 1. The number of aromatic amines is 1. The lowest BCUT2D eigenvalue weighted by molar-refractivity contribution is -0.110. The van der Waals surface area contributed by atoms with E-state index in [0.29, 0.717) is 5.57 Å². The van der Waals surface area contributed by atoms with E-state index in [9.17, 15) is 4.79 Å². The fraction of sp³-hybridized carbons (Fsp3) is 0. The summed E-state index contributed by atoms with van der Waals surface area (Å²) in [6, 6.07) is 15.5. The fourth-order valence-electron chi connectivity index (χ4n) is 2.51. The molecule has 0 unspecified atom stereocenters. The van der Waals surface area contributed by atoms with E-state index < -0.39 is 0 Å². The number of fused-ring (bicyclic) bond motifs is 2. The first-order valence-electron chi connectivity index (χ1n) is 6.38. The molecule has 1 aromatic heterocycles. The maximum absolute atomic E-state index is 12.1. The molecule has 96 valence electrons. The molecule has 2 heterocycles. The molecule has 20 heavy (non-hydrogen) atoms. The summed E-state index contributed by atoms with van der Waals surface area (Å²) in [6.07, 6.45) is 1.83. The van der Waals surface area contributed by atoms with Crippen LogP contribution in [0, 0.1) is 0 Å². The van der Waals surface area contributed by atoms with E-state index in [-0.39, 0.29) is 5.91 Å². The maximum Gasteiger partial charge on any atom is 0.256 e. The first-order chi connectivity index (χ1) is 9.83. The predicted molar refractivity (Wildman–Crippen MR) is 79.0 cm³/mol. The summed E-state index contributed by atoms with van der Waals surface area (Å²) in [5.74, 6) is -0.0849. The van der Waals surface area contributed by atoms with Gasteiger partial charge in [-0.05, 0) is 18.2 Å². The number of nitrogens with zero attached hydrogens (tertiary/aromatic N) is 1. The first-order valence-corrected chi connectivity index (χ1v) is 6.38. The van der Waals surface area contributed by atoms with Crippen molar-refractivity contribution in [2.75, 3.05) is 5.32 Å². The number of hydrogen-bond acceptors (Lipinski definition) is 2. The van der Waals surface area contributed by atoms with Gasteiger partial charge < -0.3 is 5.32 Å². The molecule has 0 bridgehead atoms. The van der Waals surface area contributed by atoms with Crippen LogP contribution >= 0.6 is 0 Å². The Morgan fingerprint density at radius 2 is 1.80 bits per heavy atom. The smallest absolute Gasteiger partial charge is 0.256 e. The molecule has 2 N–H and O–H groups in total. The van der Waals surface area contributed by atoms with Crippen LogP contribution in [0.25, 0.3) is 22.6 Å². The van der Waals surface area contributed by atoms with Crippen LogP contribution in [0.5, 0.6) is 0 Å². The van der Waals surface area contributed by atoms with Crippen molar-refractivity contribution >= 4 is 34.1 Å². The number of carbonyl (C=O) groups is 1. The Morgan fingerprint density at radius 3 is 2.75 bits per heavy atom. The number of benzene rings is 2. The van der Waals surface area contributed by atoms with Crippen LogP contribution in [0.2, 0.25) is 0 Å². The molecule has 1 amide bonds. The van der Waals surface area contributed by atoms with Crippen molar-refractivity contribution in [3.05, 3.63) is 59.8 Å². The molecule has 0 saturated heterocycles. The second kappa shape index (κ2) is 4.06. The van der Waals surface area contributed by atoms with Gasteiger partial charge in [0.25, 0.3) is 5.91 Å². The third-order valence-corrected chi connectivity index (χ3v) is 3.49. The number of hydrogen-bond donors (Lipinski definition) is 2. The summed E-state index contributed by atoms with van der Waals surface area (Å²) in [7, 11) is 0. The minimum Gasteiger partial charge on any atom is -0.321 e. The van der Waals surface area contributed by atoms with Crippen molar-refractivity contribution in [3.63, 3.8) is 0 Å². The van der Waals surface area contributed by atoms with Crippen molar-refractivity contribution in [2.24, 2.45) is 0 Å². The number of H-pyrrole nitrogens is 1. The highest BCUT2D eigenvalue weighted by Crippen LogP contribution is 2.33. The number of anilines is 1. The molecule has 4 rings (SSSR count). The molecule has 1 aliphatic rings. The first kappa shape index (κ1) is 11.0. The topological polar surface area (TPSA) is 57.8 Å². The Bertz CT molecular complexity index is 861. The van der Waals surface area contributed by atoms with Crippen molar-refractivity contribution in [1.29, 1.82) is 0 Å². The lowest BCUT2D eigenvalue weighted by atomic mass is 10.1. The highest BCUT2D eigenvalue weighted by molar-refractivity contribution is 6.35. The average Bonchev–Trinajstić information content (AvgIpc) is 3.02. The molecular weight excluding hydrogens is 250 g/mol. The van der Waals surface area contributed by atoms with E-state index in [4.69, 9.17) is 0 Å². The number of para-hydroxylation sites is 2. The van der Waals surface area contributed by atoms with Gasteiger partial charge in [0.15, 0.2) is 0 Å². The van der Waals surface area contributed by atoms with Crippen LogP contribution in [0.4, 0.5) is 5.69 Å². The third-order valence-electron chi connectivity index (χ3n) is 3.49. The Kier molecular flexibility index (Phi) is 2.23. The molecule has 2 aromatic carbocycles. The molecular formula is C16H11N3O. The Labute approximate surface area is 115 Å². The number of nitrogens with one attached hydrogen (secondary N) is 2. The van der Waals surface area contributed by atoms with Gasteiger partial charge >= 0.3 is 0 Å². The lowest BCUT2D eigenvalue weighted by Gasteiger charge is -1.96. The number of aromatic nitrogens is 2. The zero-order valence-corrected chi connectivity index (χ0v) is 10.6. The van der Waals surface area contributed by atoms with Gasteiger partial charge in [0.1, 0.15) is 0 Å². The van der Waals surface area contributed by atoms with E-state index in [1.807, 2.05) is 54.6 Å². The SMILES string of the molecule is O=C1Nc2ccccc2/C1=C/c1n[nH]c2ccccc12. The van der Waals surface area contributed by atoms with Crippen LogP contribution in [-0.2, 0) is 4.79 Å². The monoisotopic (exact) mass is 261 g/mol. The van der Waals surface area contributed by atoms with Crippen molar-refractivity contribution in [1.82, 2.24) is 10.2 Å². The highest BCUT2D eigenvalue weighted by atomic mass is 16.2. The van der Waals surface area contributed by atoms with E-state index >= 15 is 0 Å². The third kappa shape index (κ3) is 1.55. The van der Waals surface area contributed by atoms with Crippen LogP contribution in [0.1, 0.15) is 11.3 Å². The molecule has 0 aliphatic carbocycles. The zero-order chi connectivity index (χ0) is 13.5. The largest absolute Gasteiger partial charge is 0.321 e. The Balaban J connectivity index is 1.90. The van der Waals surface area contributed by atoms with Crippen LogP contribution in [0.15, 0.2) is 48.5 Å². The van der Waals surface area contributed by atoms with E-state index in [0.717, 1.165) is 27.8 Å². The second-order valence-electron chi connectivity index (χ2n) is 4.71. The molecule has 0 radical (unpaired) electrons. The van der Waals surface area contributed by atoms with Crippen LogP contribution in [-0.4, -0.2) is 16.1 Å². The van der Waals surface area contributed by atoms with Crippen molar-refractivity contribution < 1.29 is 4.79 Å².